The molecular weight excluding hydrogens is 287 g/mol. The molecule has 0 aromatic carbocycles. The molecular formula is C9H11BrF3N3. The molecule has 90 valence electrons. The van der Waals surface area contributed by atoms with E-state index in [1.807, 2.05) is 0 Å². The van der Waals surface area contributed by atoms with Crippen molar-refractivity contribution in [3.8, 4) is 0 Å². The van der Waals surface area contributed by atoms with Gasteiger partial charge in [0.05, 0.1) is 28.5 Å². The van der Waals surface area contributed by atoms with Gasteiger partial charge in [-0.15, -0.1) is 0 Å². The highest BCUT2D eigenvalue weighted by Crippen LogP contribution is 2.31. The second-order valence-electron chi connectivity index (χ2n) is 3.35. The minimum Gasteiger partial charge on any atom is -0.396 e. The third kappa shape index (κ3) is 3.55. The van der Waals surface area contributed by atoms with Crippen LogP contribution in [0.4, 0.5) is 24.5 Å². The zero-order valence-electron chi connectivity index (χ0n) is 8.55. The van der Waals surface area contributed by atoms with Crippen LogP contribution in [0, 0.1) is 0 Å². The van der Waals surface area contributed by atoms with Crippen molar-refractivity contribution in [3.05, 3.63) is 16.9 Å². The van der Waals surface area contributed by atoms with Crippen LogP contribution in [0.25, 0.3) is 0 Å². The second kappa shape index (κ2) is 4.90. The van der Waals surface area contributed by atoms with Crippen LogP contribution < -0.4 is 10.6 Å². The van der Waals surface area contributed by atoms with E-state index in [0.717, 1.165) is 0 Å². The number of aromatic nitrogens is 1. The monoisotopic (exact) mass is 297 g/mol. The van der Waals surface area contributed by atoms with E-state index in [0.29, 0.717) is 15.8 Å². The fraction of sp³-hybridized carbons (Fsp3) is 0.444. The van der Waals surface area contributed by atoms with Crippen molar-refractivity contribution in [3.63, 3.8) is 0 Å². The molecule has 2 N–H and O–H groups in total. The third-order valence-electron chi connectivity index (χ3n) is 2.01. The summed E-state index contributed by atoms with van der Waals surface area (Å²) in [7, 11) is 1.56. The molecule has 0 aliphatic carbocycles. The molecule has 0 radical (unpaired) electrons. The van der Waals surface area contributed by atoms with Gasteiger partial charge in [0.1, 0.15) is 0 Å². The Balaban J connectivity index is 2.77. The first kappa shape index (κ1) is 13.1. The molecule has 0 saturated carbocycles. The summed E-state index contributed by atoms with van der Waals surface area (Å²) in [5.41, 5.74) is 6.52. The maximum atomic E-state index is 12.1. The van der Waals surface area contributed by atoms with Gasteiger partial charge in [-0.3, -0.25) is 4.98 Å². The molecule has 0 aliphatic heterocycles. The molecule has 0 spiro atoms. The average Bonchev–Trinajstić information content (AvgIpc) is 2.13. The van der Waals surface area contributed by atoms with Crippen LogP contribution in [0.5, 0.6) is 0 Å². The fourth-order valence-electron chi connectivity index (χ4n) is 1.25. The normalized spacial score (nSPS) is 11.6. The van der Waals surface area contributed by atoms with E-state index in [9.17, 15) is 13.2 Å². The molecule has 0 amide bonds. The molecule has 16 heavy (non-hydrogen) atoms. The lowest BCUT2D eigenvalue weighted by molar-refractivity contribution is -0.132. The smallest absolute Gasteiger partial charge is 0.390 e. The van der Waals surface area contributed by atoms with E-state index in [1.165, 1.54) is 17.3 Å². The fourth-order valence-corrected chi connectivity index (χ4v) is 1.90. The van der Waals surface area contributed by atoms with Crippen LogP contribution in [-0.4, -0.2) is 24.8 Å². The first-order chi connectivity index (χ1) is 7.31. The zero-order valence-corrected chi connectivity index (χ0v) is 10.1. The predicted octanol–water partition coefficient (Wildman–Crippen LogP) is 2.81. The quantitative estimate of drug-likeness (QED) is 0.933. The molecule has 0 saturated heterocycles. The number of anilines is 2. The molecule has 0 atom stereocenters. The molecule has 1 aromatic heterocycles. The third-order valence-corrected chi connectivity index (χ3v) is 2.59. The van der Waals surface area contributed by atoms with E-state index in [1.54, 1.807) is 7.05 Å². The topological polar surface area (TPSA) is 42.1 Å². The summed E-state index contributed by atoms with van der Waals surface area (Å²) in [5, 5.41) is 0. The highest BCUT2D eigenvalue weighted by atomic mass is 79.9. The molecule has 1 rings (SSSR count). The summed E-state index contributed by atoms with van der Waals surface area (Å²) in [6, 6.07) is 0. The SMILES string of the molecule is CN(CCC(F)(F)F)c1c(N)cncc1Br. The van der Waals surface area contributed by atoms with Gasteiger partial charge in [0, 0.05) is 19.8 Å². The number of hydrogen-bond donors (Lipinski definition) is 1. The van der Waals surface area contributed by atoms with Gasteiger partial charge in [-0.1, -0.05) is 0 Å². The lowest BCUT2D eigenvalue weighted by Gasteiger charge is -2.22. The number of halogens is 4. The molecule has 7 heteroatoms. The van der Waals surface area contributed by atoms with Gasteiger partial charge in [-0.25, -0.2) is 0 Å². The Hall–Kier alpha value is -0.980. The molecule has 3 nitrogen and oxygen atoms in total. The summed E-state index contributed by atoms with van der Waals surface area (Å²) < 4.78 is 36.7. The highest BCUT2D eigenvalue weighted by molar-refractivity contribution is 9.10. The van der Waals surface area contributed by atoms with Crippen LogP contribution >= 0.6 is 15.9 Å². The highest BCUT2D eigenvalue weighted by Gasteiger charge is 2.27. The van der Waals surface area contributed by atoms with Crippen molar-refractivity contribution in [2.45, 2.75) is 12.6 Å². The van der Waals surface area contributed by atoms with E-state index in [2.05, 4.69) is 20.9 Å². The van der Waals surface area contributed by atoms with Crippen molar-refractivity contribution in [2.75, 3.05) is 24.2 Å². The first-order valence-electron chi connectivity index (χ1n) is 4.48. The minimum atomic E-state index is -4.16. The molecule has 0 aliphatic rings. The van der Waals surface area contributed by atoms with Gasteiger partial charge >= 0.3 is 6.18 Å². The van der Waals surface area contributed by atoms with Crippen molar-refractivity contribution in [1.82, 2.24) is 4.98 Å². The Labute approximate surface area is 99.6 Å². The van der Waals surface area contributed by atoms with E-state index in [4.69, 9.17) is 5.73 Å². The number of alkyl halides is 3. The lowest BCUT2D eigenvalue weighted by atomic mass is 10.3. The van der Waals surface area contributed by atoms with Gasteiger partial charge in [0.2, 0.25) is 0 Å². The molecule has 1 heterocycles. The maximum absolute atomic E-state index is 12.1. The Kier molecular flexibility index (Phi) is 4.01. The first-order valence-corrected chi connectivity index (χ1v) is 5.27. The standard InChI is InChI=1S/C9H11BrF3N3/c1-16(3-2-9(11,12)13)8-6(10)4-15-5-7(8)14/h4-5H,2-3,14H2,1H3. The van der Waals surface area contributed by atoms with E-state index < -0.39 is 12.6 Å². The van der Waals surface area contributed by atoms with Gasteiger partial charge in [0.15, 0.2) is 0 Å². The number of rotatable bonds is 3. The molecule has 1 aromatic rings. The van der Waals surface area contributed by atoms with E-state index >= 15 is 0 Å². The Morgan fingerprint density at radius 1 is 1.44 bits per heavy atom. The number of nitrogens with two attached hydrogens (primary N) is 1. The minimum absolute atomic E-state index is 0.143. The summed E-state index contributed by atoms with van der Waals surface area (Å²) in [6.07, 6.45) is -2.14. The molecule has 0 fully saturated rings. The van der Waals surface area contributed by atoms with Crippen LogP contribution in [-0.2, 0) is 0 Å². The summed E-state index contributed by atoms with van der Waals surface area (Å²) in [6.45, 7) is -0.143. The van der Waals surface area contributed by atoms with Crippen molar-refractivity contribution < 1.29 is 13.2 Å². The van der Waals surface area contributed by atoms with Crippen LogP contribution in [0.2, 0.25) is 0 Å². The summed E-state index contributed by atoms with van der Waals surface area (Å²) >= 11 is 3.20. The van der Waals surface area contributed by atoms with Gasteiger partial charge in [-0.2, -0.15) is 13.2 Å². The maximum Gasteiger partial charge on any atom is 0.390 e. The van der Waals surface area contributed by atoms with Gasteiger partial charge < -0.3 is 10.6 Å². The van der Waals surface area contributed by atoms with Crippen molar-refractivity contribution in [1.29, 1.82) is 0 Å². The molecule has 0 bridgehead atoms. The van der Waals surface area contributed by atoms with Gasteiger partial charge in [-0.05, 0) is 15.9 Å². The number of nitrogen functional groups attached to an aromatic ring is 1. The number of nitrogens with zero attached hydrogens (tertiary/aromatic N) is 2. The second-order valence-corrected chi connectivity index (χ2v) is 4.20. The summed E-state index contributed by atoms with van der Waals surface area (Å²) in [5.74, 6) is 0. The number of pyridine rings is 1. The van der Waals surface area contributed by atoms with Crippen LogP contribution in [0.3, 0.4) is 0 Å². The zero-order chi connectivity index (χ0) is 12.3. The molecule has 0 unspecified atom stereocenters. The van der Waals surface area contributed by atoms with E-state index in [-0.39, 0.29) is 6.54 Å². The lowest BCUT2D eigenvalue weighted by Crippen LogP contribution is -2.25. The van der Waals surface area contributed by atoms with Crippen LogP contribution in [0.15, 0.2) is 16.9 Å². The predicted molar refractivity (Wildman–Crippen MR) is 60.3 cm³/mol. The van der Waals surface area contributed by atoms with Crippen molar-refractivity contribution in [2.24, 2.45) is 0 Å². The van der Waals surface area contributed by atoms with Gasteiger partial charge in [0.25, 0.3) is 0 Å². The average molecular weight is 298 g/mol. The summed E-state index contributed by atoms with van der Waals surface area (Å²) in [4.78, 5) is 5.27. The Morgan fingerprint density at radius 3 is 2.56 bits per heavy atom. The Bertz CT molecular complexity index is 347. The van der Waals surface area contributed by atoms with Crippen LogP contribution in [0.1, 0.15) is 6.42 Å². The Morgan fingerprint density at radius 2 is 2.06 bits per heavy atom. The van der Waals surface area contributed by atoms with Crippen molar-refractivity contribution >= 4 is 27.3 Å². The number of hydrogen-bond acceptors (Lipinski definition) is 3. The largest absolute Gasteiger partial charge is 0.396 e.